The minimum absolute atomic E-state index is 0. The van der Waals surface area contributed by atoms with Gasteiger partial charge in [-0.15, -0.1) is 0 Å². The Bertz CT molecular complexity index is 1220. The number of carbonyl (C=O) groups is 1. The Morgan fingerprint density at radius 2 is 1.26 bits per heavy atom. The van der Waals surface area contributed by atoms with E-state index in [1.54, 1.807) is 18.2 Å². The van der Waals surface area contributed by atoms with Crippen molar-refractivity contribution in [2.45, 2.75) is 13.2 Å². The monoisotopic (exact) mass is 501 g/mol. The molecule has 1 unspecified atom stereocenters. The van der Waals surface area contributed by atoms with Crippen LogP contribution in [0.15, 0.2) is 97.1 Å². The first kappa shape index (κ1) is 26.4. The predicted octanol–water partition coefficient (Wildman–Crippen LogP) is 6.91. The molecule has 4 rings (SSSR count). The van der Waals surface area contributed by atoms with Crippen molar-refractivity contribution in [1.29, 1.82) is 0 Å². The van der Waals surface area contributed by atoms with E-state index in [1.807, 2.05) is 78.9 Å². The van der Waals surface area contributed by atoms with Crippen molar-refractivity contribution in [2.24, 2.45) is 0 Å². The first-order valence-electron chi connectivity index (χ1n) is 10.3. The molecule has 7 heteroatoms. The summed E-state index contributed by atoms with van der Waals surface area (Å²) in [6.07, 6.45) is 0. The van der Waals surface area contributed by atoms with Crippen molar-refractivity contribution < 1.29 is 14.3 Å². The molecule has 0 aromatic heterocycles. The molecular weight excluding hydrogens is 481 g/mol. The standard InChI is InChI=1S/C27H21Cl2O3P.Li/c28-22-12-7-13-23(29)26(22)27(30)33-25-15-14-21(31-17-19-8-3-1-4-9-19)16-24(25)32-18-20-10-5-2-6-11-20;/h1-16,33H,17-18H2;. The zero-order valence-electron chi connectivity index (χ0n) is 18.6. The molecule has 4 aromatic carbocycles. The Morgan fingerprint density at radius 1 is 0.706 bits per heavy atom. The van der Waals surface area contributed by atoms with Crippen LogP contribution in [0, 0.1) is 0 Å². The van der Waals surface area contributed by atoms with Crippen LogP contribution in [0.3, 0.4) is 0 Å². The molecule has 167 valence electrons. The van der Waals surface area contributed by atoms with Crippen LogP contribution in [0.25, 0.3) is 0 Å². The zero-order valence-corrected chi connectivity index (χ0v) is 21.1. The van der Waals surface area contributed by atoms with Gasteiger partial charge in [0.2, 0.25) is 0 Å². The normalized spacial score (nSPS) is 10.6. The molecule has 0 fully saturated rings. The fourth-order valence-corrected chi connectivity index (χ4v) is 4.99. The first-order chi connectivity index (χ1) is 16.1. The average Bonchev–Trinajstić information content (AvgIpc) is 2.83. The molecule has 0 saturated heterocycles. The third-order valence-corrected chi connectivity index (χ3v) is 6.67. The van der Waals surface area contributed by atoms with Gasteiger partial charge in [-0.1, -0.05) is 89.9 Å². The second kappa shape index (κ2) is 13.0. The quantitative estimate of drug-likeness (QED) is 0.184. The van der Waals surface area contributed by atoms with E-state index in [9.17, 15) is 4.79 Å². The van der Waals surface area contributed by atoms with Crippen molar-refractivity contribution in [2.75, 3.05) is 0 Å². The number of carbonyl (C=O) groups excluding carboxylic acids is 1. The third-order valence-electron chi connectivity index (χ3n) is 4.88. The summed E-state index contributed by atoms with van der Waals surface area (Å²) in [7, 11) is -0.202. The Hall–Kier alpha value is -2.24. The van der Waals surface area contributed by atoms with Gasteiger partial charge in [-0.3, -0.25) is 4.79 Å². The fourth-order valence-electron chi connectivity index (χ4n) is 3.19. The van der Waals surface area contributed by atoms with Gasteiger partial charge >= 0.3 is 0 Å². The maximum absolute atomic E-state index is 13.0. The van der Waals surface area contributed by atoms with Gasteiger partial charge in [0.05, 0.1) is 15.6 Å². The van der Waals surface area contributed by atoms with Crippen LogP contribution in [0.4, 0.5) is 0 Å². The van der Waals surface area contributed by atoms with Crippen molar-refractivity contribution in [3.8, 4) is 11.5 Å². The Morgan fingerprint density at radius 3 is 1.85 bits per heavy atom. The second-order valence-electron chi connectivity index (χ2n) is 7.26. The summed E-state index contributed by atoms with van der Waals surface area (Å²) in [5.41, 5.74) is 2.28. The van der Waals surface area contributed by atoms with Gasteiger partial charge in [0.25, 0.3) is 0 Å². The van der Waals surface area contributed by atoms with Gasteiger partial charge in [0.1, 0.15) is 24.7 Å². The third kappa shape index (κ3) is 7.13. The molecule has 4 aromatic rings. The van der Waals surface area contributed by atoms with Crippen molar-refractivity contribution >= 4 is 61.5 Å². The molecule has 0 bridgehead atoms. The number of halogens is 2. The van der Waals surface area contributed by atoms with Crippen LogP contribution in [-0.4, -0.2) is 24.4 Å². The summed E-state index contributed by atoms with van der Waals surface area (Å²) in [6, 6.07) is 30.4. The topological polar surface area (TPSA) is 35.5 Å². The number of hydrogen-bond acceptors (Lipinski definition) is 3. The summed E-state index contributed by atoms with van der Waals surface area (Å²) < 4.78 is 12.1. The van der Waals surface area contributed by atoms with E-state index in [4.69, 9.17) is 32.7 Å². The van der Waals surface area contributed by atoms with E-state index < -0.39 is 0 Å². The molecule has 34 heavy (non-hydrogen) atoms. The molecule has 3 nitrogen and oxygen atoms in total. The summed E-state index contributed by atoms with van der Waals surface area (Å²) in [5.74, 6) is 1.26. The van der Waals surface area contributed by atoms with Crippen LogP contribution in [0.2, 0.25) is 10.0 Å². The molecule has 0 aliphatic carbocycles. The van der Waals surface area contributed by atoms with Gasteiger partial charge in [-0.25, -0.2) is 0 Å². The summed E-state index contributed by atoms with van der Waals surface area (Å²) in [6.45, 7) is 0.816. The van der Waals surface area contributed by atoms with Crippen LogP contribution < -0.4 is 14.8 Å². The van der Waals surface area contributed by atoms with Crippen molar-refractivity contribution in [1.82, 2.24) is 0 Å². The Kier molecular flexibility index (Phi) is 10.1. The number of ether oxygens (including phenoxy) is 2. The smallest absolute Gasteiger partial charge is 0.188 e. The minimum atomic E-state index is -0.202. The predicted molar refractivity (Wildman–Crippen MR) is 142 cm³/mol. The molecule has 0 spiro atoms. The van der Waals surface area contributed by atoms with E-state index >= 15 is 0 Å². The number of benzene rings is 4. The minimum Gasteiger partial charge on any atom is -0.489 e. The summed E-state index contributed by atoms with van der Waals surface area (Å²) >= 11 is 12.5. The first-order valence-corrected chi connectivity index (χ1v) is 12.1. The molecule has 0 N–H and O–H groups in total. The molecular formula is C27H21Cl2LiO3P. The number of hydrogen-bond donors (Lipinski definition) is 0. The van der Waals surface area contributed by atoms with E-state index in [1.165, 1.54) is 0 Å². The van der Waals surface area contributed by atoms with E-state index in [0.29, 0.717) is 40.3 Å². The van der Waals surface area contributed by atoms with Gasteiger partial charge in [-0.05, 0) is 44.0 Å². The maximum Gasteiger partial charge on any atom is 0.188 e. The van der Waals surface area contributed by atoms with Crippen LogP contribution >= 0.6 is 31.8 Å². The summed E-state index contributed by atoms with van der Waals surface area (Å²) in [4.78, 5) is 13.0. The average molecular weight is 502 g/mol. The molecule has 0 aliphatic rings. The maximum atomic E-state index is 13.0. The molecule has 0 amide bonds. The van der Waals surface area contributed by atoms with Crippen LogP contribution in [0.1, 0.15) is 21.5 Å². The second-order valence-corrected chi connectivity index (χ2v) is 9.31. The van der Waals surface area contributed by atoms with Gasteiger partial charge in [-0.2, -0.15) is 0 Å². The Balaban J connectivity index is 0.00000324. The fraction of sp³-hybridized carbons (Fsp3) is 0.0741. The van der Waals surface area contributed by atoms with Gasteiger partial charge in [0, 0.05) is 30.2 Å². The van der Waals surface area contributed by atoms with E-state index in [-0.39, 0.29) is 33.0 Å². The zero-order chi connectivity index (χ0) is 23.0. The number of rotatable bonds is 9. The van der Waals surface area contributed by atoms with Crippen LogP contribution in [-0.2, 0) is 13.2 Å². The van der Waals surface area contributed by atoms with Crippen molar-refractivity contribution in [3.63, 3.8) is 0 Å². The molecule has 0 aliphatic heterocycles. The molecule has 1 radical (unpaired) electrons. The van der Waals surface area contributed by atoms with E-state index in [0.717, 1.165) is 16.4 Å². The Labute approximate surface area is 223 Å². The van der Waals surface area contributed by atoms with E-state index in [2.05, 4.69) is 0 Å². The largest absolute Gasteiger partial charge is 0.489 e. The molecule has 0 saturated carbocycles. The van der Waals surface area contributed by atoms with Gasteiger partial charge < -0.3 is 9.47 Å². The summed E-state index contributed by atoms with van der Waals surface area (Å²) in [5, 5.41) is 1.45. The van der Waals surface area contributed by atoms with Crippen molar-refractivity contribution in [3.05, 3.63) is 124 Å². The van der Waals surface area contributed by atoms with Crippen LogP contribution in [0.5, 0.6) is 11.5 Å². The SMILES string of the molecule is O=C(Pc1ccc(OCc2ccccc2)cc1OCc1ccccc1)c1c(Cl)cccc1Cl.[Li]. The molecule has 1 atom stereocenters. The van der Waals surface area contributed by atoms with Gasteiger partial charge in [0.15, 0.2) is 5.52 Å². The molecule has 0 heterocycles.